The average molecular weight is 366 g/mol. The van der Waals surface area contributed by atoms with Crippen LogP contribution in [-0.2, 0) is 35.3 Å². The molecule has 2 N–H and O–H groups in total. The normalized spacial score (nSPS) is 19.5. The molecule has 1 aliphatic heterocycles. The van der Waals surface area contributed by atoms with E-state index in [2.05, 4.69) is 15.5 Å². The van der Waals surface area contributed by atoms with Gasteiger partial charge < -0.3 is 10.2 Å². The van der Waals surface area contributed by atoms with Crippen LogP contribution < -0.4 is 5.32 Å². The topological polar surface area (TPSA) is 78.1 Å². The van der Waals surface area contributed by atoms with Crippen molar-refractivity contribution in [1.29, 1.82) is 0 Å². The fourth-order valence-corrected chi connectivity index (χ4v) is 4.18. The van der Waals surface area contributed by atoms with Crippen LogP contribution in [0.5, 0.6) is 0 Å². The predicted octanol–water partition coefficient (Wildman–Crippen LogP) is 1.79. The molecule has 0 bridgehead atoms. The van der Waals surface area contributed by atoms with Gasteiger partial charge in [-0.3, -0.25) is 14.7 Å². The summed E-state index contributed by atoms with van der Waals surface area (Å²) in [5, 5.41) is 10.5. The summed E-state index contributed by atoms with van der Waals surface area (Å²) < 4.78 is 0. The first-order valence-electron chi connectivity index (χ1n) is 9.88. The second-order valence-electron chi connectivity index (χ2n) is 7.42. The summed E-state index contributed by atoms with van der Waals surface area (Å²) in [5.74, 6) is -0.0195. The van der Waals surface area contributed by atoms with Gasteiger partial charge in [-0.25, -0.2) is 0 Å². The van der Waals surface area contributed by atoms with Gasteiger partial charge in [0.15, 0.2) is 0 Å². The zero-order chi connectivity index (χ0) is 18.6. The lowest BCUT2D eigenvalue weighted by atomic mass is 9.94. The van der Waals surface area contributed by atoms with Crippen LogP contribution in [-0.4, -0.2) is 46.0 Å². The largest absolute Gasteiger partial charge is 0.353 e. The number of carbonyl (C=O) groups is 2. The van der Waals surface area contributed by atoms with Crippen molar-refractivity contribution in [3.8, 4) is 0 Å². The molecule has 0 unspecified atom stereocenters. The Morgan fingerprint density at radius 3 is 2.85 bits per heavy atom. The maximum absolute atomic E-state index is 12.9. The number of hydrogen-bond donors (Lipinski definition) is 2. The van der Waals surface area contributed by atoms with Crippen LogP contribution in [0.1, 0.15) is 41.8 Å². The number of rotatable bonds is 5. The van der Waals surface area contributed by atoms with E-state index in [4.69, 9.17) is 0 Å². The van der Waals surface area contributed by atoms with E-state index in [1.54, 1.807) is 4.90 Å². The third-order valence-corrected chi connectivity index (χ3v) is 5.64. The SMILES string of the molecule is O=C1NCCN(C(=O)CCc2n[nH]c3c2CCCC3)[C@H]1Cc1ccccc1. The van der Waals surface area contributed by atoms with Crippen molar-refractivity contribution in [2.45, 2.75) is 51.0 Å². The van der Waals surface area contributed by atoms with Gasteiger partial charge in [-0.2, -0.15) is 5.10 Å². The maximum Gasteiger partial charge on any atom is 0.243 e. The lowest BCUT2D eigenvalue weighted by Crippen LogP contribution is -2.58. The maximum atomic E-state index is 12.9. The number of hydrogen-bond acceptors (Lipinski definition) is 3. The highest BCUT2D eigenvalue weighted by Crippen LogP contribution is 2.23. The highest BCUT2D eigenvalue weighted by Gasteiger charge is 2.33. The van der Waals surface area contributed by atoms with Crippen LogP contribution in [0.2, 0.25) is 0 Å². The van der Waals surface area contributed by atoms with E-state index in [-0.39, 0.29) is 11.8 Å². The summed E-state index contributed by atoms with van der Waals surface area (Å²) >= 11 is 0. The third-order valence-electron chi connectivity index (χ3n) is 5.64. The van der Waals surface area contributed by atoms with Gasteiger partial charge in [-0.15, -0.1) is 0 Å². The van der Waals surface area contributed by atoms with Crippen LogP contribution >= 0.6 is 0 Å². The second-order valence-corrected chi connectivity index (χ2v) is 7.42. The molecule has 2 aromatic rings. The van der Waals surface area contributed by atoms with Gasteiger partial charge in [0.25, 0.3) is 0 Å². The van der Waals surface area contributed by atoms with E-state index in [0.717, 1.165) is 24.1 Å². The molecule has 4 rings (SSSR count). The molecule has 1 atom stereocenters. The summed E-state index contributed by atoms with van der Waals surface area (Å²) in [6.07, 6.45) is 6.10. The Labute approximate surface area is 159 Å². The number of benzene rings is 1. The van der Waals surface area contributed by atoms with E-state index >= 15 is 0 Å². The molecule has 27 heavy (non-hydrogen) atoms. The molecule has 6 nitrogen and oxygen atoms in total. The number of aryl methyl sites for hydroxylation is 2. The van der Waals surface area contributed by atoms with Gasteiger partial charge in [0.1, 0.15) is 6.04 Å². The van der Waals surface area contributed by atoms with Gasteiger partial charge in [-0.05, 0) is 36.8 Å². The van der Waals surface area contributed by atoms with Crippen molar-refractivity contribution in [2.24, 2.45) is 0 Å². The molecule has 1 aromatic carbocycles. The summed E-state index contributed by atoms with van der Waals surface area (Å²) in [4.78, 5) is 27.1. The summed E-state index contributed by atoms with van der Waals surface area (Å²) in [6, 6.07) is 9.45. The fourth-order valence-electron chi connectivity index (χ4n) is 4.18. The van der Waals surface area contributed by atoms with E-state index in [0.29, 0.717) is 32.4 Å². The van der Waals surface area contributed by atoms with Crippen molar-refractivity contribution in [3.63, 3.8) is 0 Å². The van der Waals surface area contributed by atoms with Gasteiger partial charge >= 0.3 is 0 Å². The van der Waals surface area contributed by atoms with E-state index < -0.39 is 6.04 Å². The molecule has 6 heteroatoms. The molecular weight excluding hydrogens is 340 g/mol. The predicted molar refractivity (Wildman–Crippen MR) is 102 cm³/mol. The molecule has 1 aromatic heterocycles. The molecule has 2 amide bonds. The lowest BCUT2D eigenvalue weighted by Gasteiger charge is -2.35. The number of nitrogens with zero attached hydrogens (tertiary/aromatic N) is 2. The number of aromatic nitrogens is 2. The zero-order valence-corrected chi connectivity index (χ0v) is 15.5. The van der Waals surface area contributed by atoms with Crippen LogP contribution in [0.3, 0.4) is 0 Å². The minimum absolute atomic E-state index is 0.0401. The Bertz CT molecular complexity index is 815. The van der Waals surface area contributed by atoms with Crippen LogP contribution in [0.4, 0.5) is 0 Å². The molecule has 1 saturated heterocycles. The van der Waals surface area contributed by atoms with Crippen LogP contribution in [0, 0.1) is 0 Å². The zero-order valence-electron chi connectivity index (χ0n) is 15.5. The first kappa shape index (κ1) is 17.8. The Morgan fingerprint density at radius 1 is 1.19 bits per heavy atom. The standard InChI is InChI=1S/C21H26N4O2/c26-20(11-10-18-16-8-4-5-9-17(16)23-24-18)25-13-12-22-21(27)19(25)14-15-6-2-1-3-7-15/h1-3,6-7,19H,4-5,8-14H2,(H,22,27)(H,23,24)/t19-/m0/s1. The number of amides is 2. The quantitative estimate of drug-likeness (QED) is 0.847. The number of fused-ring (bicyclic) bond motifs is 1. The first-order valence-corrected chi connectivity index (χ1v) is 9.88. The van der Waals surface area contributed by atoms with E-state index in [1.165, 1.54) is 24.1 Å². The number of nitrogens with one attached hydrogen (secondary N) is 2. The monoisotopic (exact) mass is 366 g/mol. The Balaban J connectivity index is 1.43. The molecule has 0 saturated carbocycles. The Kier molecular flexibility index (Phi) is 5.23. The Hall–Kier alpha value is -2.63. The number of H-pyrrole nitrogens is 1. The molecular formula is C21H26N4O2. The number of piperazine rings is 1. The summed E-state index contributed by atoms with van der Waals surface area (Å²) in [5.41, 5.74) is 4.65. The molecule has 2 aliphatic rings. The highest BCUT2D eigenvalue weighted by molar-refractivity contribution is 5.89. The molecule has 0 spiro atoms. The summed E-state index contributed by atoms with van der Waals surface area (Å²) in [6.45, 7) is 1.09. The van der Waals surface area contributed by atoms with E-state index in [1.807, 2.05) is 30.3 Å². The highest BCUT2D eigenvalue weighted by atomic mass is 16.2. The van der Waals surface area contributed by atoms with Crippen molar-refractivity contribution >= 4 is 11.8 Å². The van der Waals surface area contributed by atoms with Gasteiger partial charge in [0.2, 0.25) is 11.8 Å². The molecule has 0 radical (unpaired) electrons. The molecule has 2 heterocycles. The lowest BCUT2D eigenvalue weighted by molar-refractivity contribution is -0.143. The van der Waals surface area contributed by atoms with Crippen LogP contribution in [0.25, 0.3) is 0 Å². The Morgan fingerprint density at radius 2 is 2.00 bits per heavy atom. The fraction of sp³-hybridized carbons (Fsp3) is 0.476. The third kappa shape index (κ3) is 3.89. The number of carbonyl (C=O) groups excluding carboxylic acids is 2. The number of aromatic amines is 1. The van der Waals surface area contributed by atoms with Gasteiger partial charge in [0.05, 0.1) is 5.69 Å². The van der Waals surface area contributed by atoms with E-state index in [9.17, 15) is 9.59 Å². The molecule has 142 valence electrons. The second kappa shape index (κ2) is 7.94. The smallest absolute Gasteiger partial charge is 0.243 e. The minimum atomic E-state index is -0.429. The minimum Gasteiger partial charge on any atom is -0.353 e. The summed E-state index contributed by atoms with van der Waals surface area (Å²) in [7, 11) is 0. The average Bonchev–Trinajstić information content (AvgIpc) is 3.12. The van der Waals surface area contributed by atoms with Crippen molar-refractivity contribution in [1.82, 2.24) is 20.4 Å². The van der Waals surface area contributed by atoms with Crippen molar-refractivity contribution in [3.05, 3.63) is 52.8 Å². The molecule has 1 aliphatic carbocycles. The van der Waals surface area contributed by atoms with Crippen LogP contribution in [0.15, 0.2) is 30.3 Å². The first-order chi connectivity index (χ1) is 13.2. The van der Waals surface area contributed by atoms with Crippen molar-refractivity contribution < 1.29 is 9.59 Å². The van der Waals surface area contributed by atoms with Gasteiger partial charge in [0, 0.05) is 38.0 Å². The van der Waals surface area contributed by atoms with Crippen molar-refractivity contribution in [2.75, 3.05) is 13.1 Å². The van der Waals surface area contributed by atoms with Gasteiger partial charge in [-0.1, -0.05) is 30.3 Å². The molecule has 1 fully saturated rings.